The Morgan fingerprint density at radius 1 is 1.33 bits per heavy atom. The molecule has 1 aliphatic rings. The Labute approximate surface area is 121 Å². The molecule has 114 valence electrons. The average Bonchev–Trinajstić information content (AvgIpc) is 2.79. The first kappa shape index (κ1) is 15.5. The van der Waals surface area contributed by atoms with Crippen molar-refractivity contribution in [3.63, 3.8) is 0 Å². The number of rotatable bonds is 3. The summed E-state index contributed by atoms with van der Waals surface area (Å²) in [5.41, 5.74) is 0.0817. The van der Waals surface area contributed by atoms with Gasteiger partial charge in [-0.05, 0) is 18.2 Å². The Balaban J connectivity index is 2.34. The summed E-state index contributed by atoms with van der Waals surface area (Å²) in [5, 5.41) is 18.6. The van der Waals surface area contributed by atoms with Gasteiger partial charge in [0, 0.05) is 24.8 Å². The molecule has 0 saturated carbocycles. The molecule has 21 heavy (non-hydrogen) atoms. The Bertz CT molecular complexity index is 684. The van der Waals surface area contributed by atoms with Crippen molar-refractivity contribution >= 4 is 21.7 Å². The summed E-state index contributed by atoms with van der Waals surface area (Å²) in [5.74, 6) is -1.80. The SMILES string of the molecule is CS(=O)(=O)c1cccc(C(=O)N2C[C@H](O)C[C@H]2C(=O)O)c1. The van der Waals surface area contributed by atoms with Crippen LogP contribution < -0.4 is 0 Å². The standard InChI is InChI=1S/C13H15NO6S/c1-21(19,20)10-4-2-3-8(5-10)12(16)14-7-9(15)6-11(14)13(17)18/h2-5,9,11,15H,6-7H2,1H3,(H,17,18)/t9-,11+/m1/s1. The molecule has 0 bridgehead atoms. The van der Waals surface area contributed by atoms with Crippen molar-refractivity contribution in [2.75, 3.05) is 12.8 Å². The van der Waals surface area contributed by atoms with Gasteiger partial charge >= 0.3 is 5.97 Å². The van der Waals surface area contributed by atoms with Crippen LogP contribution in [0.4, 0.5) is 0 Å². The Hall–Kier alpha value is -1.93. The molecule has 1 aromatic carbocycles. The number of aliphatic carboxylic acids is 1. The van der Waals surface area contributed by atoms with E-state index in [0.29, 0.717) is 0 Å². The lowest BCUT2D eigenvalue weighted by molar-refractivity contribution is -0.141. The van der Waals surface area contributed by atoms with E-state index in [1.807, 2.05) is 0 Å². The zero-order valence-electron chi connectivity index (χ0n) is 11.3. The number of nitrogens with zero attached hydrogens (tertiary/aromatic N) is 1. The van der Waals surface area contributed by atoms with Crippen LogP contribution in [0, 0.1) is 0 Å². The van der Waals surface area contributed by atoms with Gasteiger partial charge in [-0.15, -0.1) is 0 Å². The molecular formula is C13H15NO6S. The number of carbonyl (C=O) groups is 2. The topological polar surface area (TPSA) is 112 Å². The molecule has 8 heteroatoms. The van der Waals surface area contributed by atoms with Gasteiger partial charge in [-0.2, -0.15) is 0 Å². The number of sulfone groups is 1. The van der Waals surface area contributed by atoms with Crippen LogP contribution in [-0.2, 0) is 14.6 Å². The van der Waals surface area contributed by atoms with E-state index in [1.165, 1.54) is 24.3 Å². The summed E-state index contributed by atoms with van der Waals surface area (Å²) in [4.78, 5) is 24.5. The third-order valence-electron chi connectivity index (χ3n) is 3.33. The van der Waals surface area contributed by atoms with Gasteiger partial charge in [0.1, 0.15) is 6.04 Å². The van der Waals surface area contributed by atoms with Gasteiger partial charge in [0.2, 0.25) is 0 Å². The summed E-state index contributed by atoms with van der Waals surface area (Å²) >= 11 is 0. The zero-order valence-corrected chi connectivity index (χ0v) is 12.1. The van der Waals surface area contributed by atoms with E-state index in [4.69, 9.17) is 5.11 Å². The number of benzene rings is 1. The Morgan fingerprint density at radius 3 is 2.57 bits per heavy atom. The van der Waals surface area contributed by atoms with Gasteiger partial charge in [0.05, 0.1) is 11.0 Å². The maximum atomic E-state index is 12.3. The molecule has 0 aromatic heterocycles. The van der Waals surface area contributed by atoms with E-state index in [9.17, 15) is 23.1 Å². The Kier molecular flexibility index (Phi) is 4.02. The van der Waals surface area contributed by atoms with E-state index in [1.54, 1.807) is 0 Å². The molecule has 1 heterocycles. The maximum absolute atomic E-state index is 12.3. The minimum atomic E-state index is -3.46. The van der Waals surface area contributed by atoms with Crippen LogP contribution in [0.2, 0.25) is 0 Å². The van der Waals surface area contributed by atoms with Crippen molar-refractivity contribution in [2.24, 2.45) is 0 Å². The van der Waals surface area contributed by atoms with E-state index in [-0.39, 0.29) is 23.4 Å². The lowest BCUT2D eigenvalue weighted by Crippen LogP contribution is -2.40. The molecular weight excluding hydrogens is 298 g/mol. The predicted molar refractivity (Wildman–Crippen MR) is 72.6 cm³/mol. The van der Waals surface area contributed by atoms with Crippen LogP contribution >= 0.6 is 0 Å². The van der Waals surface area contributed by atoms with Crippen molar-refractivity contribution in [2.45, 2.75) is 23.5 Å². The molecule has 2 atom stereocenters. The first-order valence-electron chi connectivity index (χ1n) is 6.22. The van der Waals surface area contributed by atoms with Crippen molar-refractivity contribution in [1.82, 2.24) is 4.90 Å². The van der Waals surface area contributed by atoms with Gasteiger partial charge < -0.3 is 15.1 Å². The van der Waals surface area contributed by atoms with E-state index in [0.717, 1.165) is 11.2 Å². The predicted octanol–water partition coefficient (Wildman–Crippen LogP) is -0.250. The second-order valence-corrected chi connectivity index (χ2v) is 7.02. The molecule has 2 N–H and O–H groups in total. The van der Waals surface area contributed by atoms with Gasteiger partial charge in [-0.1, -0.05) is 6.07 Å². The highest BCUT2D eigenvalue weighted by molar-refractivity contribution is 7.90. The second-order valence-electron chi connectivity index (χ2n) is 5.00. The number of likely N-dealkylation sites (tertiary alicyclic amines) is 1. The Morgan fingerprint density at radius 2 is 2.00 bits per heavy atom. The third kappa shape index (κ3) is 3.22. The molecule has 1 saturated heterocycles. The highest BCUT2D eigenvalue weighted by Crippen LogP contribution is 2.22. The largest absolute Gasteiger partial charge is 0.480 e. The van der Waals surface area contributed by atoms with Crippen molar-refractivity contribution in [3.05, 3.63) is 29.8 Å². The molecule has 1 fully saturated rings. The first-order chi connectivity index (χ1) is 9.70. The van der Waals surface area contributed by atoms with E-state index < -0.39 is 33.9 Å². The van der Waals surface area contributed by atoms with Crippen LogP contribution in [-0.4, -0.2) is 60.4 Å². The number of amides is 1. The van der Waals surface area contributed by atoms with Crippen molar-refractivity contribution in [3.8, 4) is 0 Å². The lowest BCUT2D eigenvalue weighted by Gasteiger charge is -2.21. The minimum absolute atomic E-state index is 0.0139. The number of hydrogen-bond acceptors (Lipinski definition) is 5. The van der Waals surface area contributed by atoms with E-state index >= 15 is 0 Å². The highest BCUT2D eigenvalue weighted by Gasteiger charge is 2.39. The summed E-state index contributed by atoms with van der Waals surface area (Å²) in [6.45, 7) is -0.0844. The minimum Gasteiger partial charge on any atom is -0.480 e. The smallest absolute Gasteiger partial charge is 0.326 e. The number of carboxylic acid groups (broad SMARTS) is 1. The van der Waals surface area contributed by atoms with Crippen molar-refractivity contribution < 1.29 is 28.2 Å². The molecule has 7 nitrogen and oxygen atoms in total. The van der Waals surface area contributed by atoms with Gasteiger partial charge in [0.25, 0.3) is 5.91 Å². The van der Waals surface area contributed by atoms with Gasteiger partial charge in [-0.3, -0.25) is 4.79 Å². The fraction of sp³-hybridized carbons (Fsp3) is 0.385. The van der Waals surface area contributed by atoms with Gasteiger partial charge in [0.15, 0.2) is 9.84 Å². The number of carboxylic acids is 1. The zero-order chi connectivity index (χ0) is 15.8. The summed E-state index contributed by atoms with van der Waals surface area (Å²) in [7, 11) is -3.46. The second kappa shape index (κ2) is 5.45. The van der Waals surface area contributed by atoms with Crippen LogP contribution in [0.15, 0.2) is 29.2 Å². The monoisotopic (exact) mass is 313 g/mol. The van der Waals surface area contributed by atoms with Gasteiger partial charge in [-0.25, -0.2) is 13.2 Å². The number of aliphatic hydroxyl groups is 1. The van der Waals surface area contributed by atoms with Crippen LogP contribution in [0.25, 0.3) is 0 Å². The molecule has 2 rings (SSSR count). The summed E-state index contributed by atoms with van der Waals surface area (Å²) in [6.07, 6.45) is 0.0939. The molecule has 0 unspecified atom stereocenters. The maximum Gasteiger partial charge on any atom is 0.326 e. The highest BCUT2D eigenvalue weighted by atomic mass is 32.2. The lowest BCUT2D eigenvalue weighted by atomic mass is 10.1. The quantitative estimate of drug-likeness (QED) is 0.796. The average molecular weight is 313 g/mol. The summed E-state index contributed by atoms with van der Waals surface area (Å²) in [6, 6.07) is 4.31. The molecule has 0 spiro atoms. The summed E-state index contributed by atoms with van der Waals surface area (Å²) < 4.78 is 23.0. The number of carbonyl (C=O) groups excluding carboxylic acids is 1. The number of β-amino-alcohol motifs (C(OH)–C–C–N with tert-alkyl or cyclic N) is 1. The fourth-order valence-corrected chi connectivity index (χ4v) is 2.96. The molecule has 0 radical (unpaired) electrons. The van der Waals surface area contributed by atoms with Crippen LogP contribution in [0.3, 0.4) is 0 Å². The molecule has 1 aromatic rings. The first-order valence-corrected chi connectivity index (χ1v) is 8.11. The molecule has 1 aliphatic heterocycles. The van der Waals surface area contributed by atoms with Crippen LogP contribution in [0.1, 0.15) is 16.8 Å². The van der Waals surface area contributed by atoms with Crippen LogP contribution in [0.5, 0.6) is 0 Å². The number of aliphatic hydroxyl groups excluding tert-OH is 1. The fourth-order valence-electron chi connectivity index (χ4n) is 2.30. The number of hydrogen-bond donors (Lipinski definition) is 2. The third-order valence-corrected chi connectivity index (χ3v) is 4.44. The molecule has 1 amide bonds. The molecule has 0 aliphatic carbocycles. The van der Waals surface area contributed by atoms with Crippen molar-refractivity contribution in [1.29, 1.82) is 0 Å². The van der Waals surface area contributed by atoms with E-state index in [2.05, 4.69) is 0 Å². The normalized spacial score (nSPS) is 22.3.